The van der Waals surface area contributed by atoms with Crippen LogP contribution in [0.2, 0.25) is 0 Å². The highest BCUT2D eigenvalue weighted by molar-refractivity contribution is 7.85. The second-order valence-electron chi connectivity index (χ2n) is 8.23. The van der Waals surface area contributed by atoms with Crippen molar-refractivity contribution < 1.29 is 8.63 Å². The van der Waals surface area contributed by atoms with E-state index in [0.29, 0.717) is 17.8 Å². The van der Waals surface area contributed by atoms with Gasteiger partial charge in [-0.3, -0.25) is 14.1 Å². The third-order valence-electron chi connectivity index (χ3n) is 6.06. The molecule has 164 valence electrons. The summed E-state index contributed by atoms with van der Waals surface area (Å²) in [5.41, 5.74) is 0. The summed E-state index contributed by atoms with van der Waals surface area (Å²) >= 11 is 0. The molecule has 0 amide bonds. The quantitative estimate of drug-likeness (QED) is 0.497. The Balaban J connectivity index is 1.67. The number of hydrogen-bond donors (Lipinski definition) is 2. The van der Waals surface area contributed by atoms with Gasteiger partial charge in [0.05, 0.1) is 12.6 Å². The van der Waals surface area contributed by atoms with Crippen LogP contribution in [0.1, 0.15) is 69.9 Å². The van der Waals surface area contributed by atoms with E-state index in [4.69, 9.17) is 9.41 Å². The van der Waals surface area contributed by atoms with E-state index >= 15 is 0 Å². The van der Waals surface area contributed by atoms with E-state index in [2.05, 4.69) is 28.5 Å². The summed E-state index contributed by atoms with van der Waals surface area (Å²) in [7, 11) is -0.707. The molecule has 7 heteroatoms. The normalized spacial score (nSPS) is 25.7. The lowest BCUT2D eigenvalue weighted by atomic mass is 9.95. The Kier molecular flexibility index (Phi) is 8.60. The SMILES string of the molecule is CCNC(=NCC(c1ccc(C)o1)N1CCCC1)NC1CCCC(S(=O)CC)C1. The molecule has 6 nitrogen and oxygen atoms in total. The van der Waals surface area contributed by atoms with Gasteiger partial charge < -0.3 is 15.1 Å². The summed E-state index contributed by atoms with van der Waals surface area (Å²) in [6, 6.07) is 4.67. The maximum atomic E-state index is 12.3. The largest absolute Gasteiger partial charge is 0.465 e. The first-order chi connectivity index (χ1) is 14.1. The van der Waals surface area contributed by atoms with Gasteiger partial charge in [-0.2, -0.15) is 0 Å². The summed E-state index contributed by atoms with van der Waals surface area (Å²) in [5, 5.41) is 7.35. The second-order valence-corrected chi connectivity index (χ2v) is 10.2. The molecule has 0 spiro atoms. The van der Waals surface area contributed by atoms with Gasteiger partial charge in [0.2, 0.25) is 0 Å². The zero-order chi connectivity index (χ0) is 20.6. The number of nitrogens with one attached hydrogen (secondary N) is 2. The molecular formula is C22H38N4O2S. The molecule has 1 saturated carbocycles. The molecule has 2 heterocycles. The van der Waals surface area contributed by atoms with Crippen molar-refractivity contribution in [2.75, 3.05) is 31.9 Å². The molecule has 4 atom stereocenters. The molecule has 1 saturated heterocycles. The average molecular weight is 423 g/mol. The van der Waals surface area contributed by atoms with E-state index in [1.807, 2.05) is 19.9 Å². The fourth-order valence-electron chi connectivity index (χ4n) is 4.51. The first-order valence-electron chi connectivity index (χ1n) is 11.3. The number of nitrogens with zero attached hydrogens (tertiary/aromatic N) is 2. The molecule has 1 aliphatic carbocycles. The molecule has 2 N–H and O–H groups in total. The summed E-state index contributed by atoms with van der Waals surface area (Å²) in [5.74, 6) is 3.59. The predicted molar refractivity (Wildman–Crippen MR) is 121 cm³/mol. The van der Waals surface area contributed by atoms with Crippen LogP contribution < -0.4 is 10.6 Å². The number of aliphatic imine (C=N–C) groups is 1. The molecule has 1 aromatic rings. The summed E-state index contributed by atoms with van der Waals surface area (Å²) in [6.45, 7) is 9.85. The number of aryl methyl sites for hydroxylation is 1. The zero-order valence-corrected chi connectivity index (χ0v) is 19.1. The molecule has 0 aromatic carbocycles. The molecule has 0 bridgehead atoms. The lowest BCUT2D eigenvalue weighted by Crippen LogP contribution is -2.47. The third kappa shape index (κ3) is 6.32. The van der Waals surface area contributed by atoms with Crippen LogP contribution in [0.3, 0.4) is 0 Å². The highest BCUT2D eigenvalue weighted by atomic mass is 32.2. The molecular weight excluding hydrogens is 384 g/mol. The van der Waals surface area contributed by atoms with Crippen LogP contribution >= 0.6 is 0 Å². The van der Waals surface area contributed by atoms with Crippen LogP contribution in [0.15, 0.2) is 21.5 Å². The second kappa shape index (κ2) is 11.2. The summed E-state index contributed by atoms with van der Waals surface area (Å²) < 4.78 is 18.2. The van der Waals surface area contributed by atoms with Crippen molar-refractivity contribution in [1.29, 1.82) is 0 Å². The van der Waals surface area contributed by atoms with Crippen molar-refractivity contribution in [3.63, 3.8) is 0 Å². The number of furan rings is 1. The molecule has 3 rings (SSSR count). The number of guanidine groups is 1. The van der Waals surface area contributed by atoms with Crippen molar-refractivity contribution in [1.82, 2.24) is 15.5 Å². The van der Waals surface area contributed by atoms with Crippen molar-refractivity contribution in [2.45, 2.75) is 76.6 Å². The monoisotopic (exact) mass is 422 g/mol. The highest BCUT2D eigenvalue weighted by Gasteiger charge is 2.28. The highest BCUT2D eigenvalue weighted by Crippen LogP contribution is 2.27. The summed E-state index contributed by atoms with van der Waals surface area (Å²) in [6.07, 6.45) is 6.80. The lowest BCUT2D eigenvalue weighted by Gasteiger charge is -2.30. The van der Waals surface area contributed by atoms with Gasteiger partial charge in [0.15, 0.2) is 5.96 Å². The van der Waals surface area contributed by atoms with Crippen molar-refractivity contribution >= 4 is 16.8 Å². The molecule has 0 radical (unpaired) electrons. The lowest BCUT2D eigenvalue weighted by molar-refractivity contribution is 0.219. The molecule has 29 heavy (non-hydrogen) atoms. The maximum absolute atomic E-state index is 12.3. The molecule has 1 aliphatic heterocycles. The van der Waals surface area contributed by atoms with E-state index in [0.717, 1.165) is 68.6 Å². The first kappa shape index (κ1) is 22.3. The smallest absolute Gasteiger partial charge is 0.191 e. The van der Waals surface area contributed by atoms with Crippen molar-refractivity contribution in [3.05, 3.63) is 23.7 Å². The van der Waals surface area contributed by atoms with Gasteiger partial charge in [0, 0.05) is 34.4 Å². The van der Waals surface area contributed by atoms with Gasteiger partial charge in [-0.15, -0.1) is 0 Å². The molecule has 4 unspecified atom stereocenters. The number of likely N-dealkylation sites (tertiary alicyclic amines) is 1. The zero-order valence-electron chi connectivity index (χ0n) is 18.3. The molecule has 1 aromatic heterocycles. The minimum Gasteiger partial charge on any atom is -0.465 e. The van der Waals surface area contributed by atoms with Crippen LogP contribution in [0, 0.1) is 6.92 Å². The van der Waals surface area contributed by atoms with Crippen molar-refractivity contribution in [3.8, 4) is 0 Å². The summed E-state index contributed by atoms with van der Waals surface area (Å²) in [4.78, 5) is 7.44. The van der Waals surface area contributed by atoms with Gasteiger partial charge >= 0.3 is 0 Å². The Morgan fingerprint density at radius 3 is 2.72 bits per heavy atom. The van der Waals surface area contributed by atoms with E-state index in [1.165, 1.54) is 12.8 Å². The predicted octanol–water partition coefficient (Wildman–Crippen LogP) is 3.36. The van der Waals surface area contributed by atoms with Gasteiger partial charge in [0.1, 0.15) is 11.5 Å². The van der Waals surface area contributed by atoms with Gasteiger partial charge in [-0.05, 0) is 71.2 Å². The van der Waals surface area contributed by atoms with Crippen LogP contribution in [0.4, 0.5) is 0 Å². The standard InChI is InChI=1S/C22H38N4O2S/c1-4-23-22(25-18-9-8-10-19(15-18)29(27)5-2)24-16-20(26-13-6-7-14-26)21-12-11-17(3)28-21/h11-12,18-20H,4-10,13-16H2,1-3H3,(H2,23,24,25). The number of hydrogen-bond acceptors (Lipinski definition) is 4. The molecule has 2 aliphatic rings. The Bertz CT molecular complexity index is 684. The average Bonchev–Trinajstić information content (AvgIpc) is 3.40. The number of rotatable bonds is 8. The van der Waals surface area contributed by atoms with Gasteiger partial charge in [-0.1, -0.05) is 13.3 Å². The topological polar surface area (TPSA) is 69.9 Å². The van der Waals surface area contributed by atoms with Gasteiger partial charge in [-0.25, -0.2) is 0 Å². The fraction of sp³-hybridized carbons (Fsp3) is 0.773. The van der Waals surface area contributed by atoms with Crippen LogP contribution in [0.5, 0.6) is 0 Å². The van der Waals surface area contributed by atoms with Gasteiger partial charge in [0.25, 0.3) is 0 Å². The Hall–Kier alpha value is -1.34. The van der Waals surface area contributed by atoms with Crippen LogP contribution in [0.25, 0.3) is 0 Å². The maximum Gasteiger partial charge on any atom is 0.191 e. The van der Waals surface area contributed by atoms with Crippen LogP contribution in [-0.4, -0.2) is 58.3 Å². The van der Waals surface area contributed by atoms with Crippen LogP contribution in [-0.2, 0) is 10.8 Å². The minimum absolute atomic E-state index is 0.188. The Morgan fingerprint density at radius 1 is 1.28 bits per heavy atom. The Morgan fingerprint density at radius 2 is 2.07 bits per heavy atom. The van der Waals surface area contributed by atoms with E-state index in [1.54, 1.807) is 0 Å². The molecule has 2 fully saturated rings. The van der Waals surface area contributed by atoms with E-state index in [9.17, 15) is 4.21 Å². The van der Waals surface area contributed by atoms with Crippen molar-refractivity contribution in [2.24, 2.45) is 4.99 Å². The van der Waals surface area contributed by atoms with E-state index in [-0.39, 0.29) is 6.04 Å². The first-order valence-corrected chi connectivity index (χ1v) is 12.7. The fourth-order valence-corrected chi connectivity index (χ4v) is 5.86. The third-order valence-corrected chi connectivity index (χ3v) is 7.80. The Labute approximate surface area is 178 Å². The van der Waals surface area contributed by atoms with E-state index < -0.39 is 10.8 Å². The minimum atomic E-state index is -0.707.